The van der Waals surface area contributed by atoms with Crippen LogP contribution in [-0.4, -0.2) is 57.3 Å². The molecule has 0 spiro atoms. The molecular formula is C28H23ClF3N7O3. The fraction of sp³-hybridized carbons (Fsp3) is 0.214. The Kier molecular flexibility index (Phi) is 8.05. The number of aryl methyl sites for hydroxylation is 1. The van der Waals surface area contributed by atoms with Crippen molar-refractivity contribution in [2.75, 3.05) is 0 Å². The van der Waals surface area contributed by atoms with Crippen molar-refractivity contribution >= 4 is 17.4 Å². The zero-order valence-corrected chi connectivity index (χ0v) is 22.8. The molecule has 0 aliphatic heterocycles. The van der Waals surface area contributed by atoms with Crippen LogP contribution >= 0.6 is 11.6 Å². The number of alkyl halides is 3. The predicted octanol–water partition coefficient (Wildman–Crippen LogP) is 4.05. The lowest BCUT2D eigenvalue weighted by Crippen LogP contribution is -2.37. The van der Waals surface area contributed by atoms with Gasteiger partial charge in [-0.15, -0.1) is 10.2 Å². The SMILES string of the molecule is Cc1ccccc1C(=O)Cc1ncccc1-n1cnc(Cn2nc(-c3ccc(Cl)cc3)n(C[C@H](O)C(F)(F)F)c2=O)n1. The minimum Gasteiger partial charge on any atom is -0.382 e. The Morgan fingerprint density at radius 3 is 2.48 bits per heavy atom. The molecule has 10 nitrogen and oxygen atoms in total. The van der Waals surface area contributed by atoms with Crippen molar-refractivity contribution in [2.24, 2.45) is 0 Å². The number of Topliss-reactive ketones (excluding diaryl/α,β-unsaturated/α-hetero) is 1. The maximum Gasteiger partial charge on any atom is 0.416 e. The largest absolute Gasteiger partial charge is 0.416 e. The van der Waals surface area contributed by atoms with Crippen LogP contribution in [0.25, 0.3) is 17.1 Å². The van der Waals surface area contributed by atoms with Crippen molar-refractivity contribution in [3.05, 3.63) is 111 Å². The Labute approximate surface area is 241 Å². The second kappa shape index (κ2) is 11.7. The number of aromatic nitrogens is 7. The molecule has 0 aliphatic rings. The van der Waals surface area contributed by atoms with Crippen molar-refractivity contribution in [3.8, 4) is 17.1 Å². The summed E-state index contributed by atoms with van der Waals surface area (Å²) < 4.78 is 42.5. The van der Waals surface area contributed by atoms with E-state index in [1.165, 1.54) is 35.3 Å². The van der Waals surface area contributed by atoms with Crippen LogP contribution in [0.3, 0.4) is 0 Å². The summed E-state index contributed by atoms with van der Waals surface area (Å²) in [5.41, 5.74) is 1.79. The van der Waals surface area contributed by atoms with Gasteiger partial charge in [0.2, 0.25) is 0 Å². The number of halogens is 4. The molecule has 0 bridgehead atoms. The van der Waals surface area contributed by atoms with Crippen LogP contribution in [0.1, 0.15) is 27.4 Å². The van der Waals surface area contributed by atoms with Gasteiger partial charge in [0.15, 0.2) is 23.5 Å². The van der Waals surface area contributed by atoms with Gasteiger partial charge in [0.1, 0.15) is 12.9 Å². The van der Waals surface area contributed by atoms with Gasteiger partial charge in [-0.05, 0) is 48.9 Å². The van der Waals surface area contributed by atoms with Crippen LogP contribution in [0.2, 0.25) is 5.02 Å². The van der Waals surface area contributed by atoms with Crippen molar-refractivity contribution in [1.29, 1.82) is 0 Å². The minimum atomic E-state index is -4.94. The number of aliphatic hydroxyl groups is 1. The third-order valence-electron chi connectivity index (χ3n) is 6.48. The smallest absolute Gasteiger partial charge is 0.382 e. The van der Waals surface area contributed by atoms with Gasteiger partial charge in [-0.2, -0.15) is 13.2 Å². The van der Waals surface area contributed by atoms with Crippen molar-refractivity contribution in [1.82, 2.24) is 34.1 Å². The highest BCUT2D eigenvalue weighted by molar-refractivity contribution is 6.30. The Balaban J connectivity index is 1.44. The molecule has 0 radical (unpaired) electrons. The molecule has 42 heavy (non-hydrogen) atoms. The second-order valence-electron chi connectivity index (χ2n) is 9.43. The molecular weight excluding hydrogens is 575 g/mol. The lowest BCUT2D eigenvalue weighted by atomic mass is 10.0. The van der Waals surface area contributed by atoms with E-state index in [1.807, 2.05) is 19.1 Å². The van der Waals surface area contributed by atoms with E-state index in [9.17, 15) is 27.9 Å². The van der Waals surface area contributed by atoms with E-state index in [4.69, 9.17) is 11.6 Å². The molecule has 5 aromatic rings. The zero-order valence-electron chi connectivity index (χ0n) is 22.0. The van der Waals surface area contributed by atoms with Crippen LogP contribution in [-0.2, 0) is 19.5 Å². The number of hydrogen-bond acceptors (Lipinski definition) is 7. The third-order valence-corrected chi connectivity index (χ3v) is 6.73. The molecule has 3 heterocycles. The van der Waals surface area contributed by atoms with E-state index in [-0.39, 0.29) is 30.4 Å². The van der Waals surface area contributed by atoms with Crippen molar-refractivity contribution in [3.63, 3.8) is 0 Å². The fourth-order valence-electron chi connectivity index (χ4n) is 4.32. The Hall–Kier alpha value is -4.62. The van der Waals surface area contributed by atoms with Gasteiger partial charge in [-0.1, -0.05) is 35.9 Å². The average molecular weight is 598 g/mol. The number of pyridine rings is 1. The Morgan fingerprint density at radius 1 is 1.02 bits per heavy atom. The van der Waals surface area contributed by atoms with Crippen LogP contribution in [0.5, 0.6) is 0 Å². The number of benzene rings is 2. The molecule has 2 aromatic carbocycles. The summed E-state index contributed by atoms with van der Waals surface area (Å²) in [6.07, 6.45) is -4.79. The summed E-state index contributed by atoms with van der Waals surface area (Å²) in [7, 11) is 0. The minimum absolute atomic E-state index is 0.00602. The number of ketones is 1. The zero-order chi connectivity index (χ0) is 30.0. The molecule has 3 aromatic heterocycles. The van der Waals surface area contributed by atoms with Gasteiger partial charge in [0, 0.05) is 22.3 Å². The van der Waals surface area contributed by atoms with Gasteiger partial charge in [0.25, 0.3) is 0 Å². The van der Waals surface area contributed by atoms with Gasteiger partial charge in [-0.3, -0.25) is 14.3 Å². The molecule has 0 saturated heterocycles. The number of nitrogens with zero attached hydrogens (tertiary/aromatic N) is 7. The van der Waals surface area contributed by atoms with E-state index >= 15 is 0 Å². The maximum atomic E-state index is 13.2. The summed E-state index contributed by atoms with van der Waals surface area (Å²) in [4.78, 5) is 34.7. The summed E-state index contributed by atoms with van der Waals surface area (Å²) in [5, 5.41) is 18.7. The Bertz CT molecular complexity index is 1800. The molecule has 0 aliphatic carbocycles. The lowest BCUT2D eigenvalue weighted by molar-refractivity contribution is -0.207. The summed E-state index contributed by atoms with van der Waals surface area (Å²) >= 11 is 5.93. The number of carbonyl (C=O) groups is 1. The number of rotatable bonds is 9. The van der Waals surface area contributed by atoms with E-state index < -0.39 is 24.5 Å². The summed E-state index contributed by atoms with van der Waals surface area (Å²) in [5.74, 6) is -0.0919. The monoisotopic (exact) mass is 597 g/mol. The first-order valence-corrected chi connectivity index (χ1v) is 13.0. The van der Waals surface area contributed by atoms with Crippen LogP contribution in [0.4, 0.5) is 13.2 Å². The van der Waals surface area contributed by atoms with E-state index in [1.54, 1.807) is 30.5 Å². The van der Waals surface area contributed by atoms with Crippen LogP contribution in [0.15, 0.2) is 78.0 Å². The van der Waals surface area contributed by atoms with E-state index in [0.29, 0.717) is 27.5 Å². The fourth-order valence-corrected chi connectivity index (χ4v) is 4.45. The molecule has 14 heteroatoms. The standard InChI is InChI=1S/C28H23ClF3N7O3/c1-17-5-2-3-6-20(17)23(40)13-21-22(7-4-12-33-21)39-16-34-25(35-39)15-38-27(42)37(14-24(41)28(30,31)32)26(36-38)18-8-10-19(29)11-9-18/h2-12,16,24,41H,13-15H2,1H3/t24-/m0/s1. The first-order chi connectivity index (χ1) is 20.0. The first kappa shape index (κ1) is 28.9. The molecule has 5 rings (SSSR count). The molecule has 0 saturated carbocycles. The second-order valence-corrected chi connectivity index (χ2v) is 9.86. The summed E-state index contributed by atoms with van der Waals surface area (Å²) in [6, 6.07) is 16.6. The third kappa shape index (κ3) is 6.16. The van der Waals surface area contributed by atoms with Crippen LogP contribution in [0, 0.1) is 6.92 Å². The highest BCUT2D eigenvalue weighted by Gasteiger charge is 2.39. The van der Waals surface area contributed by atoms with Gasteiger partial charge in [0.05, 0.1) is 24.3 Å². The Morgan fingerprint density at radius 2 is 1.76 bits per heavy atom. The van der Waals surface area contributed by atoms with Gasteiger partial charge in [-0.25, -0.2) is 19.1 Å². The lowest BCUT2D eigenvalue weighted by Gasteiger charge is -2.15. The van der Waals surface area contributed by atoms with E-state index in [2.05, 4.69) is 20.2 Å². The van der Waals surface area contributed by atoms with Crippen molar-refractivity contribution < 1.29 is 23.1 Å². The molecule has 1 atom stereocenters. The average Bonchev–Trinajstić information content (AvgIpc) is 3.54. The molecule has 0 fully saturated rings. The maximum absolute atomic E-state index is 13.2. The topological polar surface area (TPSA) is 121 Å². The highest BCUT2D eigenvalue weighted by Crippen LogP contribution is 2.24. The number of hydrogen-bond donors (Lipinski definition) is 1. The molecule has 0 amide bonds. The quantitative estimate of drug-likeness (QED) is 0.255. The summed E-state index contributed by atoms with van der Waals surface area (Å²) in [6.45, 7) is 0.511. The molecule has 216 valence electrons. The van der Waals surface area contributed by atoms with Crippen molar-refractivity contribution in [2.45, 2.75) is 38.7 Å². The number of aliphatic hydroxyl groups excluding tert-OH is 1. The van der Waals surface area contributed by atoms with Gasteiger partial charge < -0.3 is 5.11 Å². The first-order valence-electron chi connectivity index (χ1n) is 12.6. The highest BCUT2D eigenvalue weighted by atomic mass is 35.5. The predicted molar refractivity (Wildman–Crippen MR) is 146 cm³/mol. The molecule has 0 unspecified atom stereocenters. The number of carbonyl (C=O) groups excluding carboxylic acids is 1. The van der Waals surface area contributed by atoms with E-state index in [0.717, 1.165) is 14.8 Å². The molecule has 1 N–H and O–H groups in total. The van der Waals surface area contributed by atoms with Gasteiger partial charge >= 0.3 is 11.9 Å². The van der Waals surface area contributed by atoms with Crippen LogP contribution < -0.4 is 5.69 Å². The normalized spacial score (nSPS) is 12.4.